The van der Waals surface area contributed by atoms with Crippen molar-refractivity contribution in [2.75, 3.05) is 13.1 Å². The van der Waals surface area contributed by atoms with Crippen LogP contribution in [0.1, 0.15) is 41.0 Å². The first-order valence-electron chi connectivity index (χ1n) is 11.4. The van der Waals surface area contributed by atoms with Crippen molar-refractivity contribution < 1.29 is 17.7 Å². The molecule has 1 aliphatic heterocycles. The number of hydrogen-bond donors (Lipinski definition) is 0. The molecule has 0 radical (unpaired) electrons. The molecular formula is C25H30N4O4S. The topological polar surface area (TPSA) is 96.6 Å². The minimum absolute atomic E-state index is 0.0502. The lowest BCUT2D eigenvalue weighted by Gasteiger charge is -2.34. The first-order valence-corrected chi connectivity index (χ1v) is 12.9. The molecule has 0 spiro atoms. The molecule has 0 N–H and O–H groups in total. The molecular weight excluding hydrogens is 452 g/mol. The number of hydrogen-bond acceptors (Lipinski definition) is 6. The fraction of sp³-hybridized carbons (Fsp3) is 0.400. The minimum Gasteiger partial charge on any atom is -0.360 e. The zero-order valence-electron chi connectivity index (χ0n) is 19.8. The van der Waals surface area contributed by atoms with Gasteiger partial charge in [-0.05, 0) is 56.4 Å². The number of sulfonamides is 1. The standard InChI is InChI=1S/C25H30N4O4S/c1-18-8-4-5-10-22(18)16-28(15-21-9-6-12-26-14-21)25(30)23-11-7-13-29(17-23)34(31,32)24-19(2)27-33-20(24)3/h4-6,8-10,12,14,23H,7,11,13,15-17H2,1-3H3. The number of aromatic nitrogens is 2. The Kier molecular flexibility index (Phi) is 7.13. The molecule has 3 heterocycles. The number of benzene rings is 1. The number of nitrogens with zero attached hydrogens (tertiary/aromatic N) is 4. The largest absolute Gasteiger partial charge is 0.360 e. The maximum atomic E-state index is 13.8. The summed E-state index contributed by atoms with van der Waals surface area (Å²) in [7, 11) is -3.80. The maximum Gasteiger partial charge on any atom is 0.248 e. The SMILES string of the molecule is Cc1ccccc1CN(Cc1cccnc1)C(=O)C1CCCN(S(=O)(=O)c2c(C)noc2C)C1. The van der Waals surface area contributed by atoms with E-state index < -0.39 is 15.9 Å². The Morgan fingerprint density at radius 3 is 2.62 bits per heavy atom. The monoisotopic (exact) mass is 482 g/mol. The highest BCUT2D eigenvalue weighted by Crippen LogP contribution is 2.29. The van der Waals surface area contributed by atoms with Crippen LogP contribution in [0.25, 0.3) is 0 Å². The Labute approximate surface area is 200 Å². The van der Waals surface area contributed by atoms with Gasteiger partial charge in [0, 0.05) is 38.6 Å². The first kappa shape index (κ1) is 24.1. The van der Waals surface area contributed by atoms with Gasteiger partial charge in [0.2, 0.25) is 15.9 Å². The van der Waals surface area contributed by atoms with Crippen molar-refractivity contribution in [1.29, 1.82) is 0 Å². The lowest BCUT2D eigenvalue weighted by atomic mass is 9.97. The lowest BCUT2D eigenvalue weighted by Crippen LogP contribution is -2.46. The van der Waals surface area contributed by atoms with Crippen molar-refractivity contribution in [2.45, 2.75) is 51.6 Å². The van der Waals surface area contributed by atoms with E-state index in [-0.39, 0.29) is 23.1 Å². The lowest BCUT2D eigenvalue weighted by molar-refractivity contribution is -0.138. The number of pyridine rings is 1. The molecule has 9 heteroatoms. The van der Waals surface area contributed by atoms with Gasteiger partial charge in [-0.2, -0.15) is 4.31 Å². The van der Waals surface area contributed by atoms with Crippen LogP contribution in [0, 0.1) is 26.7 Å². The van der Waals surface area contributed by atoms with Crippen molar-refractivity contribution in [1.82, 2.24) is 19.3 Å². The van der Waals surface area contributed by atoms with E-state index in [1.54, 1.807) is 26.2 Å². The van der Waals surface area contributed by atoms with Gasteiger partial charge in [0.15, 0.2) is 5.76 Å². The minimum atomic E-state index is -3.80. The third-order valence-corrected chi connectivity index (χ3v) is 8.44. The molecule has 1 aliphatic rings. The van der Waals surface area contributed by atoms with Gasteiger partial charge in [-0.25, -0.2) is 8.42 Å². The van der Waals surface area contributed by atoms with E-state index in [4.69, 9.17) is 4.52 Å². The van der Waals surface area contributed by atoms with Crippen molar-refractivity contribution in [2.24, 2.45) is 5.92 Å². The van der Waals surface area contributed by atoms with Gasteiger partial charge in [-0.15, -0.1) is 0 Å². The van der Waals surface area contributed by atoms with Gasteiger partial charge in [0.05, 0.1) is 5.92 Å². The van der Waals surface area contributed by atoms with Gasteiger partial charge in [0.1, 0.15) is 10.6 Å². The summed E-state index contributed by atoms with van der Waals surface area (Å²) >= 11 is 0. The zero-order chi connectivity index (χ0) is 24.3. The molecule has 0 bridgehead atoms. The molecule has 0 aliphatic carbocycles. The Bertz CT molecular complexity index is 1240. The van der Waals surface area contributed by atoms with Crippen LogP contribution in [0.15, 0.2) is 58.2 Å². The second kappa shape index (κ2) is 10.1. The van der Waals surface area contributed by atoms with E-state index in [0.717, 1.165) is 16.7 Å². The number of amides is 1. The number of carbonyl (C=O) groups excluding carboxylic acids is 1. The fourth-order valence-corrected chi connectivity index (χ4v) is 6.32. The summed E-state index contributed by atoms with van der Waals surface area (Å²) in [5.74, 6) is -0.209. The van der Waals surface area contributed by atoms with Crippen LogP contribution in [0.2, 0.25) is 0 Å². The molecule has 2 aromatic heterocycles. The molecule has 3 aromatic rings. The van der Waals surface area contributed by atoms with Crippen molar-refractivity contribution in [3.63, 3.8) is 0 Å². The Hall–Kier alpha value is -3.04. The van der Waals surface area contributed by atoms with Gasteiger partial charge < -0.3 is 9.42 Å². The second-order valence-electron chi connectivity index (χ2n) is 8.84. The normalized spacial score (nSPS) is 17.0. The van der Waals surface area contributed by atoms with Gasteiger partial charge in [0.25, 0.3) is 0 Å². The number of rotatable bonds is 7. The predicted octanol–water partition coefficient (Wildman–Crippen LogP) is 3.62. The molecule has 1 fully saturated rings. The third kappa shape index (κ3) is 5.05. The molecule has 8 nitrogen and oxygen atoms in total. The average molecular weight is 483 g/mol. The maximum absolute atomic E-state index is 13.8. The molecule has 1 amide bonds. The first-order chi connectivity index (χ1) is 16.3. The van der Waals surface area contributed by atoms with Crippen molar-refractivity contribution in [3.05, 3.63) is 76.9 Å². The Balaban J connectivity index is 1.58. The van der Waals surface area contributed by atoms with Crippen LogP contribution in [0.3, 0.4) is 0 Å². The molecule has 1 unspecified atom stereocenters. The summed E-state index contributed by atoms with van der Waals surface area (Å²) in [6.07, 6.45) is 4.72. The van der Waals surface area contributed by atoms with Crippen LogP contribution < -0.4 is 0 Å². The molecule has 34 heavy (non-hydrogen) atoms. The van der Waals surface area contributed by atoms with Gasteiger partial charge in [-0.1, -0.05) is 35.5 Å². The molecule has 0 saturated carbocycles. The van der Waals surface area contributed by atoms with E-state index in [1.807, 2.05) is 48.2 Å². The summed E-state index contributed by atoms with van der Waals surface area (Å²) in [5, 5.41) is 3.80. The summed E-state index contributed by atoms with van der Waals surface area (Å²) in [6, 6.07) is 11.8. The van der Waals surface area contributed by atoms with Gasteiger partial charge >= 0.3 is 0 Å². The molecule has 180 valence electrons. The van der Waals surface area contributed by atoms with E-state index in [0.29, 0.717) is 38.2 Å². The number of aryl methyl sites for hydroxylation is 3. The van der Waals surface area contributed by atoms with Crippen LogP contribution in [0.5, 0.6) is 0 Å². The van der Waals surface area contributed by atoms with Crippen LogP contribution in [-0.2, 0) is 27.9 Å². The molecule has 1 saturated heterocycles. The summed E-state index contributed by atoms with van der Waals surface area (Å²) in [5.41, 5.74) is 3.44. The smallest absolute Gasteiger partial charge is 0.248 e. The third-order valence-electron chi connectivity index (χ3n) is 6.33. The predicted molar refractivity (Wildman–Crippen MR) is 127 cm³/mol. The van der Waals surface area contributed by atoms with Crippen LogP contribution in [0.4, 0.5) is 0 Å². The van der Waals surface area contributed by atoms with E-state index >= 15 is 0 Å². The summed E-state index contributed by atoms with van der Waals surface area (Å²) < 4.78 is 33.2. The Morgan fingerprint density at radius 2 is 1.94 bits per heavy atom. The highest BCUT2D eigenvalue weighted by atomic mass is 32.2. The van der Waals surface area contributed by atoms with Gasteiger partial charge in [-0.3, -0.25) is 9.78 Å². The van der Waals surface area contributed by atoms with Crippen molar-refractivity contribution in [3.8, 4) is 0 Å². The summed E-state index contributed by atoms with van der Waals surface area (Å²) in [4.78, 5) is 19.9. The van der Waals surface area contributed by atoms with E-state index in [2.05, 4.69) is 10.1 Å². The molecule has 1 atom stereocenters. The zero-order valence-corrected chi connectivity index (χ0v) is 20.6. The quantitative estimate of drug-likeness (QED) is 0.510. The molecule has 4 rings (SSSR count). The highest BCUT2D eigenvalue weighted by Gasteiger charge is 2.37. The number of piperidine rings is 1. The number of carbonyl (C=O) groups is 1. The van der Waals surface area contributed by atoms with E-state index in [1.165, 1.54) is 4.31 Å². The summed E-state index contributed by atoms with van der Waals surface area (Å²) in [6.45, 7) is 6.62. The van der Waals surface area contributed by atoms with Crippen LogP contribution in [-0.4, -0.2) is 46.8 Å². The average Bonchev–Trinajstić information content (AvgIpc) is 3.19. The van der Waals surface area contributed by atoms with Crippen LogP contribution >= 0.6 is 0 Å². The second-order valence-corrected chi connectivity index (χ2v) is 10.7. The van der Waals surface area contributed by atoms with E-state index in [9.17, 15) is 13.2 Å². The van der Waals surface area contributed by atoms with Crippen molar-refractivity contribution >= 4 is 15.9 Å². The molecule has 1 aromatic carbocycles. The fourth-order valence-electron chi connectivity index (χ4n) is 4.51. The Morgan fingerprint density at radius 1 is 1.15 bits per heavy atom. The highest BCUT2D eigenvalue weighted by molar-refractivity contribution is 7.89.